The van der Waals surface area contributed by atoms with Gasteiger partial charge in [-0.1, -0.05) is 19.4 Å². The fourth-order valence-corrected chi connectivity index (χ4v) is 4.68. The van der Waals surface area contributed by atoms with E-state index in [1.54, 1.807) is 12.1 Å². The molecule has 1 fully saturated rings. The first-order valence-electron chi connectivity index (χ1n) is 7.78. The van der Waals surface area contributed by atoms with Gasteiger partial charge in [0.1, 0.15) is 5.75 Å². The van der Waals surface area contributed by atoms with Crippen LogP contribution >= 0.6 is 0 Å². The summed E-state index contributed by atoms with van der Waals surface area (Å²) in [7, 11) is 1.41. The Morgan fingerprint density at radius 3 is 2.73 bits per heavy atom. The number of rotatable bonds is 1. The lowest BCUT2D eigenvalue weighted by Crippen LogP contribution is -2.53. The Balaban J connectivity index is 2.16. The first-order valence-corrected chi connectivity index (χ1v) is 7.78. The molecule has 0 amide bonds. The van der Waals surface area contributed by atoms with E-state index in [0.717, 1.165) is 24.8 Å². The minimum atomic E-state index is -0.632. The molecule has 1 N–H and O–H groups in total. The zero-order valence-corrected chi connectivity index (χ0v) is 13.3. The number of carbonyl (C=O) groups is 2. The molecule has 0 heterocycles. The SMILES string of the molecule is COC(=O)[C@@]1(C)CCC[C@]2(C)c3ccc(O)cc3C(=O)C[C@@H]12. The molecule has 118 valence electrons. The highest BCUT2D eigenvalue weighted by atomic mass is 16.5. The van der Waals surface area contributed by atoms with E-state index in [0.29, 0.717) is 12.0 Å². The molecule has 0 aliphatic heterocycles. The summed E-state index contributed by atoms with van der Waals surface area (Å²) in [6, 6.07) is 5.03. The van der Waals surface area contributed by atoms with E-state index in [1.165, 1.54) is 7.11 Å². The van der Waals surface area contributed by atoms with Crippen molar-refractivity contribution in [2.24, 2.45) is 11.3 Å². The Morgan fingerprint density at radius 1 is 1.32 bits per heavy atom. The van der Waals surface area contributed by atoms with Crippen LogP contribution in [-0.4, -0.2) is 24.0 Å². The number of fused-ring (bicyclic) bond motifs is 3. The van der Waals surface area contributed by atoms with Crippen LogP contribution in [0.2, 0.25) is 0 Å². The van der Waals surface area contributed by atoms with Crippen molar-refractivity contribution in [3.8, 4) is 5.75 Å². The van der Waals surface area contributed by atoms with Crippen molar-refractivity contribution < 1.29 is 19.4 Å². The summed E-state index contributed by atoms with van der Waals surface area (Å²) in [5.74, 6) is -0.171. The second-order valence-corrected chi connectivity index (χ2v) is 7.09. The van der Waals surface area contributed by atoms with Gasteiger partial charge in [0, 0.05) is 12.0 Å². The number of benzene rings is 1. The summed E-state index contributed by atoms with van der Waals surface area (Å²) >= 11 is 0. The van der Waals surface area contributed by atoms with Gasteiger partial charge >= 0.3 is 5.97 Å². The van der Waals surface area contributed by atoms with Crippen molar-refractivity contribution in [1.82, 2.24) is 0 Å². The van der Waals surface area contributed by atoms with Crippen molar-refractivity contribution in [3.63, 3.8) is 0 Å². The lowest BCUT2D eigenvalue weighted by molar-refractivity contribution is -0.160. The number of hydrogen-bond acceptors (Lipinski definition) is 4. The third-order valence-electron chi connectivity index (χ3n) is 5.89. The van der Waals surface area contributed by atoms with Crippen molar-refractivity contribution in [3.05, 3.63) is 29.3 Å². The molecule has 2 aliphatic rings. The van der Waals surface area contributed by atoms with Crippen LogP contribution in [0.5, 0.6) is 5.75 Å². The fraction of sp³-hybridized carbons (Fsp3) is 0.556. The van der Waals surface area contributed by atoms with Gasteiger partial charge in [-0.05, 0) is 48.8 Å². The van der Waals surface area contributed by atoms with Crippen molar-refractivity contribution in [2.45, 2.75) is 44.9 Å². The summed E-state index contributed by atoms with van der Waals surface area (Å²) in [6.07, 6.45) is 2.95. The number of aromatic hydroxyl groups is 1. The molecule has 0 unspecified atom stereocenters. The van der Waals surface area contributed by atoms with Crippen LogP contribution in [0, 0.1) is 11.3 Å². The van der Waals surface area contributed by atoms with E-state index < -0.39 is 5.41 Å². The topological polar surface area (TPSA) is 63.6 Å². The monoisotopic (exact) mass is 302 g/mol. The average molecular weight is 302 g/mol. The van der Waals surface area contributed by atoms with Crippen molar-refractivity contribution >= 4 is 11.8 Å². The smallest absolute Gasteiger partial charge is 0.311 e. The number of methoxy groups -OCH3 is 1. The molecule has 1 aromatic carbocycles. The second-order valence-electron chi connectivity index (χ2n) is 7.09. The van der Waals surface area contributed by atoms with E-state index >= 15 is 0 Å². The predicted molar refractivity (Wildman–Crippen MR) is 81.9 cm³/mol. The molecular formula is C18H22O4. The number of carbonyl (C=O) groups excluding carboxylic acids is 2. The number of ketones is 1. The van der Waals surface area contributed by atoms with Gasteiger partial charge in [-0.15, -0.1) is 0 Å². The molecule has 0 radical (unpaired) electrons. The van der Waals surface area contributed by atoms with Gasteiger partial charge < -0.3 is 9.84 Å². The van der Waals surface area contributed by atoms with E-state index in [9.17, 15) is 14.7 Å². The first-order chi connectivity index (χ1) is 10.3. The van der Waals surface area contributed by atoms with Crippen LogP contribution in [0.15, 0.2) is 18.2 Å². The molecule has 4 heteroatoms. The molecule has 4 nitrogen and oxygen atoms in total. The molecule has 22 heavy (non-hydrogen) atoms. The highest BCUT2D eigenvalue weighted by molar-refractivity contribution is 6.00. The Labute approximate surface area is 130 Å². The molecule has 1 aromatic rings. The van der Waals surface area contributed by atoms with E-state index in [1.807, 2.05) is 13.0 Å². The average Bonchev–Trinajstić information content (AvgIpc) is 2.49. The molecule has 3 atom stereocenters. The Kier molecular flexibility index (Phi) is 3.31. The van der Waals surface area contributed by atoms with E-state index in [2.05, 4.69) is 6.92 Å². The third kappa shape index (κ3) is 1.89. The summed E-state index contributed by atoms with van der Waals surface area (Å²) < 4.78 is 5.04. The van der Waals surface area contributed by atoms with Crippen LogP contribution in [0.25, 0.3) is 0 Å². The molecule has 0 saturated heterocycles. The van der Waals surface area contributed by atoms with Crippen molar-refractivity contribution in [1.29, 1.82) is 0 Å². The molecule has 2 aliphatic carbocycles. The zero-order valence-electron chi connectivity index (χ0n) is 13.3. The summed E-state index contributed by atoms with van der Waals surface area (Å²) in [4.78, 5) is 25.0. The first kappa shape index (κ1) is 15.1. The summed E-state index contributed by atoms with van der Waals surface area (Å²) in [6.45, 7) is 4.07. The Hall–Kier alpha value is -1.84. The maximum absolute atomic E-state index is 12.6. The summed E-state index contributed by atoms with van der Waals surface area (Å²) in [5.41, 5.74) is 0.694. The standard InChI is InChI=1S/C18H22O4/c1-17-7-4-8-18(2,16(21)22-3)15(17)10-14(20)12-9-11(19)5-6-13(12)17/h5-6,9,15,19H,4,7-8,10H2,1-3H3/t15-,17-,18+/m1/s1. The number of Topliss-reactive ketones (excluding diaryl/α,β-unsaturated/α-hetero) is 1. The minimum Gasteiger partial charge on any atom is -0.508 e. The van der Waals surface area contributed by atoms with Gasteiger partial charge in [-0.3, -0.25) is 9.59 Å². The second kappa shape index (κ2) is 4.83. The maximum atomic E-state index is 12.6. The highest BCUT2D eigenvalue weighted by Crippen LogP contribution is 2.57. The number of phenols is 1. The van der Waals surface area contributed by atoms with Crippen molar-refractivity contribution in [2.75, 3.05) is 7.11 Å². The largest absolute Gasteiger partial charge is 0.508 e. The van der Waals surface area contributed by atoms with Crippen LogP contribution in [0.3, 0.4) is 0 Å². The quantitative estimate of drug-likeness (QED) is 0.809. The predicted octanol–water partition coefficient (Wildman–Crippen LogP) is 3.22. The van der Waals surface area contributed by atoms with Gasteiger partial charge in [0.15, 0.2) is 5.78 Å². The number of esters is 1. The number of ether oxygens (including phenoxy) is 1. The summed E-state index contributed by atoms with van der Waals surface area (Å²) in [5, 5.41) is 9.69. The highest BCUT2D eigenvalue weighted by Gasteiger charge is 2.57. The minimum absolute atomic E-state index is 0.00500. The third-order valence-corrected chi connectivity index (χ3v) is 5.89. The van der Waals surface area contributed by atoms with E-state index in [-0.39, 0.29) is 28.8 Å². The maximum Gasteiger partial charge on any atom is 0.311 e. The zero-order chi connectivity index (χ0) is 16.1. The Morgan fingerprint density at radius 2 is 2.05 bits per heavy atom. The van der Waals surface area contributed by atoms with Gasteiger partial charge in [-0.2, -0.15) is 0 Å². The Bertz CT molecular complexity index is 650. The number of hydrogen-bond donors (Lipinski definition) is 1. The molecule has 3 rings (SSSR count). The van der Waals surface area contributed by atoms with Crippen LogP contribution in [-0.2, 0) is 14.9 Å². The molecule has 0 aromatic heterocycles. The van der Waals surface area contributed by atoms with Crippen LogP contribution < -0.4 is 0 Å². The number of phenolic OH excluding ortho intramolecular Hbond substituents is 1. The van der Waals surface area contributed by atoms with E-state index in [4.69, 9.17) is 4.74 Å². The molecular weight excluding hydrogens is 280 g/mol. The van der Waals surface area contributed by atoms with Crippen LogP contribution in [0.4, 0.5) is 0 Å². The lowest BCUT2D eigenvalue weighted by atomic mass is 9.49. The molecule has 1 saturated carbocycles. The normalized spacial score (nSPS) is 33.8. The van der Waals surface area contributed by atoms with Gasteiger partial charge in [0.25, 0.3) is 0 Å². The van der Waals surface area contributed by atoms with Crippen LogP contribution in [0.1, 0.15) is 55.5 Å². The lowest BCUT2D eigenvalue weighted by Gasteiger charge is -2.53. The molecule has 0 spiro atoms. The van der Waals surface area contributed by atoms with Gasteiger partial charge in [0.05, 0.1) is 12.5 Å². The van der Waals surface area contributed by atoms with Gasteiger partial charge in [-0.25, -0.2) is 0 Å². The van der Waals surface area contributed by atoms with Gasteiger partial charge in [0.2, 0.25) is 0 Å². The fourth-order valence-electron chi connectivity index (χ4n) is 4.68. The molecule has 0 bridgehead atoms.